The summed E-state index contributed by atoms with van der Waals surface area (Å²) < 4.78 is 2.10. The van der Waals surface area contributed by atoms with Gasteiger partial charge in [-0.1, -0.05) is 35.9 Å². The van der Waals surface area contributed by atoms with Gasteiger partial charge in [-0.05, 0) is 29.3 Å². The number of rotatable bonds is 3. The smallest absolute Gasteiger partial charge is 0.0995 e. The van der Waals surface area contributed by atoms with Gasteiger partial charge in [0.15, 0.2) is 0 Å². The van der Waals surface area contributed by atoms with Gasteiger partial charge in [0.2, 0.25) is 0 Å². The molecule has 0 saturated carbocycles. The Kier molecular flexibility index (Phi) is 3.66. The number of hydrogen-bond donors (Lipinski definition) is 1. The predicted molar refractivity (Wildman–Crippen MR) is 85.1 cm³/mol. The number of nitrogens with two attached hydrogens (primary N) is 1. The van der Waals surface area contributed by atoms with E-state index in [-0.39, 0.29) is 0 Å². The van der Waals surface area contributed by atoms with Gasteiger partial charge in [-0.15, -0.1) is 0 Å². The molecule has 0 unspecified atom stereocenters. The second kappa shape index (κ2) is 5.61. The van der Waals surface area contributed by atoms with Crippen molar-refractivity contribution in [2.75, 3.05) is 0 Å². The summed E-state index contributed by atoms with van der Waals surface area (Å²) in [6.45, 7) is 1.10. The van der Waals surface area contributed by atoms with Crippen LogP contribution in [0.1, 0.15) is 16.7 Å². The zero-order chi connectivity index (χ0) is 14.8. The van der Waals surface area contributed by atoms with Gasteiger partial charge in [0.1, 0.15) is 0 Å². The minimum Gasteiger partial charge on any atom is -0.343 e. The molecule has 0 saturated heterocycles. The zero-order valence-corrected chi connectivity index (χ0v) is 12.1. The van der Waals surface area contributed by atoms with Gasteiger partial charge in [0.05, 0.1) is 17.1 Å². The van der Waals surface area contributed by atoms with Crippen molar-refractivity contribution in [3.05, 3.63) is 70.4 Å². The molecule has 4 heteroatoms. The lowest BCUT2D eigenvalue weighted by atomic mass is 10.1. The standard InChI is InChI=1S/C17H14ClN3/c18-15-5-6-16-14(9-20)11-21(17(16)7-15)10-13-4-2-1-3-12(13)8-19/h1-7,11H,9-10,20H2. The maximum atomic E-state index is 9.20. The molecule has 0 atom stereocenters. The average Bonchev–Trinajstić information content (AvgIpc) is 2.85. The molecule has 0 bridgehead atoms. The lowest BCUT2D eigenvalue weighted by Crippen LogP contribution is -2.00. The van der Waals surface area contributed by atoms with Gasteiger partial charge in [-0.3, -0.25) is 0 Å². The summed E-state index contributed by atoms with van der Waals surface area (Å²) in [5.41, 5.74) is 9.61. The Balaban J connectivity index is 2.13. The van der Waals surface area contributed by atoms with Crippen molar-refractivity contribution in [3.63, 3.8) is 0 Å². The first-order chi connectivity index (χ1) is 10.2. The summed E-state index contributed by atoms with van der Waals surface area (Å²) in [4.78, 5) is 0. The van der Waals surface area contributed by atoms with Gasteiger partial charge in [-0.2, -0.15) is 5.26 Å². The zero-order valence-electron chi connectivity index (χ0n) is 11.4. The highest BCUT2D eigenvalue weighted by atomic mass is 35.5. The van der Waals surface area contributed by atoms with E-state index >= 15 is 0 Å². The van der Waals surface area contributed by atoms with Crippen LogP contribution < -0.4 is 5.73 Å². The molecule has 0 aliphatic heterocycles. The lowest BCUT2D eigenvalue weighted by molar-refractivity contribution is 0.827. The fraction of sp³-hybridized carbons (Fsp3) is 0.118. The molecule has 0 aliphatic rings. The molecule has 2 N–H and O–H groups in total. The van der Waals surface area contributed by atoms with E-state index in [4.69, 9.17) is 17.3 Å². The first-order valence-electron chi connectivity index (χ1n) is 6.68. The molecular weight excluding hydrogens is 282 g/mol. The van der Waals surface area contributed by atoms with E-state index in [1.165, 1.54) is 0 Å². The number of aromatic nitrogens is 1. The van der Waals surface area contributed by atoms with Crippen LogP contribution in [0.4, 0.5) is 0 Å². The summed E-state index contributed by atoms with van der Waals surface area (Å²) in [6, 6.07) is 15.6. The number of nitrogens with zero attached hydrogens (tertiary/aromatic N) is 2. The van der Waals surface area contributed by atoms with Crippen molar-refractivity contribution in [2.24, 2.45) is 5.73 Å². The minimum atomic E-state index is 0.477. The molecule has 2 aromatic carbocycles. The van der Waals surface area contributed by atoms with E-state index < -0.39 is 0 Å². The molecule has 1 heterocycles. The normalized spacial score (nSPS) is 10.7. The second-order valence-electron chi connectivity index (χ2n) is 4.92. The third-order valence-corrected chi connectivity index (χ3v) is 3.86. The van der Waals surface area contributed by atoms with Crippen LogP contribution in [0.5, 0.6) is 0 Å². The fourth-order valence-corrected chi connectivity index (χ4v) is 2.75. The molecule has 104 valence electrons. The third-order valence-electron chi connectivity index (χ3n) is 3.63. The molecule has 0 fully saturated rings. The minimum absolute atomic E-state index is 0.477. The van der Waals surface area contributed by atoms with Crippen LogP contribution in [0.2, 0.25) is 5.02 Å². The van der Waals surface area contributed by atoms with Crippen LogP contribution in [-0.4, -0.2) is 4.57 Å². The van der Waals surface area contributed by atoms with Gasteiger partial charge < -0.3 is 10.3 Å². The Hall–Kier alpha value is -2.28. The average molecular weight is 296 g/mol. The van der Waals surface area contributed by atoms with Crippen LogP contribution in [0.15, 0.2) is 48.7 Å². The van der Waals surface area contributed by atoms with Crippen molar-refractivity contribution >= 4 is 22.5 Å². The van der Waals surface area contributed by atoms with Crippen molar-refractivity contribution in [2.45, 2.75) is 13.1 Å². The summed E-state index contributed by atoms with van der Waals surface area (Å²) in [6.07, 6.45) is 2.04. The number of benzene rings is 2. The second-order valence-corrected chi connectivity index (χ2v) is 5.35. The van der Waals surface area contributed by atoms with Crippen LogP contribution in [0.25, 0.3) is 10.9 Å². The highest BCUT2D eigenvalue weighted by molar-refractivity contribution is 6.31. The van der Waals surface area contributed by atoms with Crippen LogP contribution >= 0.6 is 11.6 Å². The van der Waals surface area contributed by atoms with Crippen LogP contribution in [0, 0.1) is 11.3 Å². The largest absolute Gasteiger partial charge is 0.343 e. The monoisotopic (exact) mass is 295 g/mol. The van der Waals surface area contributed by atoms with E-state index in [1.54, 1.807) is 0 Å². The maximum absolute atomic E-state index is 9.20. The molecule has 3 nitrogen and oxygen atoms in total. The van der Waals surface area contributed by atoms with E-state index in [9.17, 15) is 5.26 Å². The Morgan fingerprint density at radius 3 is 2.71 bits per heavy atom. The highest BCUT2D eigenvalue weighted by Crippen LogP contribution is 2.26. The first kappa shape index (κ1) is 13.7. The SMILES string of the molecule is N#Cc1ccccc1Cn1cc(CN)c2ccc(Cl)cc21. The third kappa shape index (κ3) is 2.52. The van der Waals surface area contributed by atoms with Crippen molar-refractivity contribution in [1.29, 1.82) is 5.26 Å². The Morgan fingerprint density at radius 1 is 1.14 bits per heavy atom. The number of halogens is 1. The van der Waals surface area contributed by atoms with Gasteiger partial charge in [0.25, 0.3) is 0 Å². The molecule has 0 amide bonds. The molecule has 21 heavy (non-hydrogen) atoms. The predicted octanol–water partition coefficient (Wildman–Crippen LogP) is 3.67. The molecule has 0 radical (unpaired) electrons. The van der Waals surface area contributed by atoms with E-state index in [2.05, 4.69) is 10.6 Å². The van der Waals surface area contributed by atoms with Crippen molar-refractivity contribution < 1.29 is 0 Å². The Morgan fingerprint density at radius 2 is 1.95 bits per heavy atom. The van der Waals surface area contributed by atoms with Gasteiger partial charge in [0, 0.05) is 29.7 Å². The highest BCUT2D eigenvalue weighted by Gasteiger charge is 2.10. The summed E-state index contributed by atoms with van der Waals surface area (Å²) in [5.74, 6) is 0. The van der Waals surface area contributed by atoms with Crippen LogP contribution in [-0.2, 0) is 13.1 Å². The molecule has 0 aliphatic carbocycles. The molecule has 3 aromatic rings. The number of hydrogen-bond acceptors (Lipinski definition) is 2. The summed E-state index contributed by atoms with van der Waals surface area (Å²) in [5, 5.41) is 11.0. The van der Waals surface area contributed by atoms with E-state index in [1.807, 2.05) is 48.7 Å². The molecule has 1 aromatic heterocycles. The molecular formula is C17H14ClN3. The maximum Gasteiger partial charge on any atom is 0.0995 e. The number of nitriles is 1. The first-order valence-corrected chi connectivity index (χ1v) is 7.06. The Bertz CT molecular complexity index is 843. The summed E-state index contributed by atoms with van der Waals surface area (Å²) in [7, 11) is 0. The van der Waals surface area contributed by atoms with E-state index in [0.717, 1.165) is 22.0 Å². The molecule has 3 rings (SSSR count). The molecule has 0 spiro atoms. The quantitative estimate of drug-likeness (QED) is 0.801. The fourth-order valence-electron chi connectivity index (χ4n) is 2.59. The number of fused-ring (bicyclic) bond motifs is 1. The van der Waals surface area contributed by atoms with Gasteiger partial charge >= 0.3 is 0 Å². The van der Waals surface area contributed by atoms with Crippen molar-refractivity contribution in [3.8, 4) is 6.07 Å². The van der Waals surface area contributed by atoms with Gasteiger partial charge in [-0.25, -0.2) is 0 Å². The summed E-state index contributed by atoms with van der Waals surface area (Å²) >= 11 is 6.11. The van der Waals surface area contributed by atoms with Crippen molar-refractivity contribution in [1.82, 2.24) is 4.57 Å². The van der Waals surface area contributed by atoms with E-state index in [0.29, 0.717) is 23.7 Å². The Labute approximate surface area is 128 Å². The topological polar surface area (TPSA) is 54.7 Å². The van der Waals surface area contributed by atoms with Crippen LogP contribution in [0.3, 0.4) is 0 Å². The lowest BCUT2D eigenvalue weighted by Gasteiger charge is -2.07.